The molecule has 0 spiro atoms. The normalized spacial score (nSPS) is 17.7. The van der Waals surface area contributed by atoms with Crippen LogP contribution in [-0.4, -0.2) is 55.2 Å². The van der Waals surface area contributed by atoms with Gasteiger partial charge in [-0.05, 0) is 70.1 Å². The average molecular weight is 375 g/mol. The van der Waals surface area contributed by atoms with Gasteiger partial charge < -0.3 is 20.6 Å². The lowest BCUT2D eigenvalue weighted by Gasteiger charge is -2.30. The zero-order valence-corrected chi connectivity index (χ0v) is 17.2. The van der Waals surface area contributed by atoms with Crippen LogP contribution in [0.2, 0.25) is 0 Å². The van der Waals surface area contributed by atoms with Crippen molar-refractivity contribution in [3.8, 4) is 0 Å². The smallest absolute Gasteiger partial charge is 0.191 e. The molecular formula is C22H38N4O. The van der Waals surface area contributed by atoms with Gasteiger partial charge in [0.2, 0.25) is 0 Å². The number of aliphatic hydroxyl groups excluding tert-OH is 1. The Balaban J connectivity index is 1.61. The molecule has 0 aliphatic carbocycles. The second kappa shape index (κ2) is 12.7. The van der Waals surface area contributed by atoms with Gasteiger partial charge in [-0.25, -0.2) is 0 Å². The Morgan fingerprint density at radius 2 is 1.93 bits per heavy atom. The first-order valence-electron chi connectivity index (χ1n) is 10.7. The third-order valence-electron chi connectivity index (χ3n) is 5.27. The number of hydrogen-bond acceptors (Lipinski definition) is 3. The van der Waals surface area contributed by atoms with Gasteiger partial charge in [-0.15, -0.1) is 0 Å². The molecule has 1 aromatic carbocycles. The number of guanidine groups is 1. The van der Waals surface area contributed by atoms with Crippen LogP contribution in [0.5, 0.6) is 0 Å². The number of benzene rings is 1. The van der Waals surface area contributed by atoms with Crippen LogP contribution in [0.4, 0.5) is 0 Å². The number of aliphatic hydroxyl groups is 1. The number of nitrogens with zero attached hydrogens (tertiary/aromatic N) is 2. The topological polar surface area (TPSA) is 59.9 Å². The fourth-order valence-corrected chi connectivity index (χ4v) is 3.43. The summed E-state index contributed by atoms with van der Waals surface area (Å²) in [6.45, 7) is 10.6. The van der Waals surface area contributed by atoms with E-state index in [-0.39, 0.29) is 0 Å². The molecule has 1 atom stereocenters. The fourth-order valence-electron chi connectivity index (χ4n) is 3.43. The highest BCUT2D eigenvalue weighted by Gasteiger charge is 2.14. The first-order valence-corrected chi connectivity index (χ1v) is 10.7. The summed E-state index contributed by atoms with van der Waals surface area (Å²) in [5.74, 6) is 1.75. The van der Waals surface area contributed by atoms with Gasteiger partial charge in [0.25, 0.3) is 0 Å². The molecular weight excluding hydrogens is 336 g/mol. The maximum absolute atomic E-state index is 10.2. The van der Waals surface area contributed by atoms with Crippen molar-refractivity contribution >= 4 is 5.96 Å². The molecule has 1 aliphatic rings. The summed E-state index contributed by atoms with van der Waals surface area (Å²) in [6.07, 6.45) is 5.26. The minimum Gasteiger partial charge on any atom is -0.388 e. The van der Waals surface area contributed by atoms with E-state index in [1.165, 1.54) is 38.9 Å². The molecule has 27 heavy (non-hydrogen) atoms. The van der Waals surface area contributed by atoms with E-state index in [0.717, 1.165) is 37.0 Å². The molecule has 1 aromatic rings. The molecule has 2 rings (SSSR count). The van der Waals surface area contributed by atoms with Crippen molar-refractivity contribution in [3.63, 3.8) is 0 Å². The number of piperidine rings is 1. The van der Waals surface area contributed by atoms with Crippen molar-refractivity contribution < 1.29 is 5.11 Å². The van der Waals surface area contributed by atoms with Gasteiger partial charge in [0.1, 0.15) is 0 Å². The second-order valence-electron chi connectivity index (χ2n) is 7.63. The average Bonchev–Trinajstić information content (AvgIpc) is 2.69. The highest BCUT2D eigenvalue weighted by molar-refractivity contribution is 5.79. The Morgan fingerprint density at radius 1 is 1.19 bits per heavy atom. The third-order valence-corrected chi connectivity index (χ3v) is 5.27. The van der Waals surface area contributed by atoms with Crippen LogP contribution in [0.15, 0.2) is 35.3 Å². The summed E-state index contributed by atoms with van der Waals surface area (Å²) in [7, 11) is 0. The minimum absolute atomic E-state index is 0.436. The van der Waals surface area contributed by atoms with Crippen LogP contribution in [0, 0.1) is 5.92 Å². The molecule has 3 N–H and O–H groups in total. The zero-order valence-electron chi connectivity index (χ0n) is 17.2. The van der Waals surface area contributed by atoms with Crippen molar-refractivity contribution in [3.05, 3.63) is 35.9 Å². The lowest BCUT2D eigenvalue weighted by atomic mass is 9.99. The number of nitrogens with one attached hydrogen (secondary N) is 2. The first kappa shape index (κ1) is 21.7. The number of hydrogen-bond donors (Lipinski definition) is 3. The van der Waals surface area contributed by atoms with Crippen LogP contribution in [0.1, 0.15) is 57.6 Å². The molecule has 1 saturated heterocycles. The SMILES string of the molecule is CCNC(=NCCCCN1CCC(C)CC1)NCCC(O)c1ccccc1. The Bertz CT molecular complexity index is 526. The Morgan fingerprint density at radius 3 is 2.63 bits per heavy atom. The summed E-state index contributed by atoms with van der Waals surface area (Å²) in [6, 6.07) is 9.82. The number of rotatable bonds is 10. The molecule has 1 aliphatic heterocycles. The van der Waals surface area contributed by atoms with Crippen molar-refractivity contribution in [2.45, 2.75) is 52.1 Å². The molecule has 152 valence electrons. The van der Waals surface area contributed by atoms with Crippen LogP contribution in [-0.2, 0) is 0 Å². The molecule has 1 fully saturated rings. The van der Waals surface area contributed by atoms with E-state index in [4.69, 9.17) is 0 Å². The van der Waals surface area contributed by atoms with E-state index < -0.39 is 6.10 Å². The third kappa shape index (κ3) is 8.76. The van der Waals surface area contributed by atoms with Crippen molar-refractivity contribution in [2.75, 3.05) is 39.3 Å². The first-order chi connectivity index (χ1) is 13.2. The minimum atomic E-state index is -0.436. The summed E-state index contributed by atoms with van der Waals surface area (Å²) >= 11 is 0. The predicted molar refractivity (Wildman–Crippen MR) is 114 cm³/mol. The van der Waals surface area contributed by atoms with Gasteiger partial charge in [-0.2, -0.15) is 0 Å². The molecule has 0 radical (unpaired) electrons. The number of unbranched alkanes of at least 4 members (excludes halogenated alkanes) is 1. The predicted octanol–water partition coefficient (Wildman–Crippen LogP) is 3.18. The molecule has 0 bridgehead atoms. The highest BCUT2D eigenvalue weighted by Crippen LogP contribution is 2.16. The van der Waals surface area contributed by atoms with Crippen molar-refractivity contribution in [1.29, 1.82) is 0 Å². The standard InChI is InChI=1S/C22H38N4O/c1-3-23-22(25-15-11-21(27)20-9-5-4-6-10-20)24-14-7-8-16-26-17-12-19(2)13-18-26/h4-6,9-10,19,21,27H,3,7-8,11-18H2,1-2H3,(H2,23,24,25). The summed E-state index contributed by atoms with van der Waals surface area (Å²) < 4.78 is 0. The second-order valence-corrected chi connectivity index (χ2v) is 7.63. The van der Waals surface area contributed by atoms with Gasteiger partial charge in [0.05, 0.1) is 6.10 Å². The van der Waals surface area contributed by atoms with Crippen molar-refractivity contribution in [2.24, 2.45) is 10.9 Å². The Labute approximate surface area is 165 Å². The van der Waals surface area contributed by atoms with Gasteiger partial charge in [0.15, 0.2) is 5.96 Å². The number of likely N-dealkylation sites (tertiary alicyclic amines) is 1. The quantitative estimate of drug-likeness (QED) is 0.334. The Kier molecular flexibility index (Phi) is 10.2. The fraction of sp³-hybridized carbons (Fsp3) is 0.682. The Hall–Kier alpha value is -1.59. The molecule has 5 heteroatoms. The lowest BCUT2D eigenvalue weighted by molar-refractivity contribution is 0.168. The van der Waals surface area contributed by atoms with E-state index in [1.54, 1.807) is 0 Å². The lowest BCUT2D eigenvalue weighted by Crippen LogP contribution is -2.38. The van der Waals surface area contributed by atoms with Gasteiger partial charge in [-0.1, -0.05) is 37.3 Å². The van der Waals surface area contributed by atoms with Crippen LogP contribution >= 0.6 is 0 Å². The van der Waals surface area contributed by atoms with Crippen LogP contribution in [0.3, 0.4) is 0 Å². The van der Waals surface area contributed by atoms with Crippen molar-refractivity contribution in [1.82, 2.24) is 15.5 Å². The van der Waals surface area contributed by atoms with E-state index in [2.05, 4.69) is 34.4 Å². The highest BCUT2D eigenvalue weighted by atomic mass is 16.3. The largest absolute Gasteiger partial charge is 0.388 e. The van der Waals surface area contributed by atoms with E-state index in [1.807, 2.05) is 30.3 Å². The molecule has 1 unspecified atom stereocenters. The molecule has 5 nitrogen and oxygen atoms in total. The van der Waals surface area contributed by atoms with Gasteiger partial charge >= 0.3 is 0 Å². The van der Waals surface area contributed by atoms with E-state index in [9.17, 15) is 5.11 Å². The molecule has 0 saturated carbocycles. The van der Waals surface area contributed by atoms with E-state index >= 15 is 0 Å². The van der Waals surface area contributed by atoms with E-state index in [0.29, 0.717) is 13.0 Å². The maximum Gasteiger partial charge on any atom is 0.191 e. The molecule has 0 amide bonds. The summed E-state index contributed by atoms with van der Waals surface area (Å²) in [5.41, 5.74) is 0.966. The van der Waals surface area contributed by atoms with Gasteiger partial charge in [-0.3, -0.25) is 4.99 Å². The van der Waals surface area contributed by atoms with Crippen LogP contribution < -0.4 is 10.6 Å². The monoisotopic (exact) mass is 374 g/mol. The van der Waals surface area contributed by atoms with Crippen LogP contribution in [0.25, 0.3) is 0 Å². The summed E-state index contributed by atoms with van der Waals surface area (Å²) in [5, 5.41) is 16.9. The maximum atomic E-state index is 10.2. The van der Waals surface area contributed by atoms with Gasteiger partial charge in [0, 0.05) is 19.6 Å². The number of aliphatic imine (C=N–C) groups is 1. The molecule has 0 aromatic heterocycles. The zero-order chi connectivity index (χ0) is 19.3. The summed E-state index contributed by atoms with van der Waals surface area (Å²) in [4.78, 5) is 7.27. The molecule has 1 heterocycles.